The molecule has 4 rings (SSSR count). The first-order valence-corrected chi connectivity index (χ1v) is 11.7. The lowest BCUT2D eigenvalue weighted by atomic mass is 10.3. The van der Waals surface area contributed by atoms with Crippen molar-refractivity contribution in [1.82, 2.24) is 19.7 Å². The van der Waals surface area contributed by atoms with Crippen molar-refractivity contribution < 1.29 is 18.7 Å². The molecular formula is C23H26FN5O3S. The van der Waals surface area contributed by atoms with Crippen molar-refractivity contribution in [3.63, 3.8) is 0 Å². The third-order valence-electron chi connectivity index (χ3n) is 5.25. The maximum atomic E-state index is 13.5. The number of ether oxygens (including phenoxy) is 2. The van der Waals surface area contributed by atoms with Crippen molar-refractivity contribution in [3.8, 4) is 11.4 Å². The van der Waals surface area contributed by atoms with Crippen LogP contribution < -0.4 is 10.1 Å². The van der Waals surface area contributed by atoms with Crippen LogP contribution in [0.2, 0.25) is 0 Å². The molecule has 1 aliphatic heterocycles. The van der Waals surface area contributed by atoms with Crippen LogP contribution in [0.25, 0.3) is 5.69 Å². The molecule has 0 aliphatic carbocycles. The normalized spacial score (nSPS) is 14.2. The SMILES string of the molecule is COc1ccc(NC(=O)CSc2nnc(CCN3CCOCC3)n2-c2ccc(F)cc2)cc1. The molecule has 0 saturated carbocycles. The fourth-order valence-electron chi connectivity index (χ4n) is 3.49. The lowest BCUT2D eigenvalue weighted by molar-refractivity contribution is -0.113. The van der Waals surface area contributed by atoms with Crippen LogP contribution in [0, 0.1) is 5.82 Å². The topological polar surface area (TPSA) is 81.5 Å². The molecule has 8 nitrogen and oxygen atoms in total. The zero-order valence-electron chi connectivity index (χ0n) is 18.4. The zero-order valence-corrected chi connectivity index (χ0v) is 19.2. The number of amides is 1. The van der Waals surface area contributed by atoms with Crippen molar-refractivity contribution in [2.45, 2.75) is 11.6 Å². The molecule has 1 fully saturated rings. The number of rotatable bonds is 9. The minimum absolute atomic E-state index is 0.159. The molecule has 0 atom stereocenters. The maximum absolute atomic E-state index is 13.5. The van der Waals surface area contributed by atoms with Gasteiger partial charge in [-0.15, -0.1) is 10.2 Å². The van der Waals surface area contributed by atoms with E-state index in [0.29, 0.717) is 17.3 Å². The molecule has 1 amide bonds. The molecule has 33 heavy (non-hydrogen) atoms. The monoisotopic (exact) mass is 471 g/mol. The summed E-state index contributed by atoms with van der Waals surface area (Å²) >= 11 is 1.29. The predicted octanol–water partition coefficient (Wildman–Crippen LogP) is 3.02. The Kier molecular flexibility index (Phi) is 7.92. The molecule has 0 spiro atoms. The smallest absolute Gasteiger partial charge is 0.234 e. The second-order valence-corrected chi connectivity index (χ2v) is 8.42. The molecule has 1 aromatic heterocycles. The van der Waals surface area contributed by atoms with Crippen LogP contribution in [0.3, 0.4) is 0 Å². The summed E-state index contributed by atoms with van der Waals surface area (Å²) in [5, 5.41) is 12.1. The fraction of sp³-hybridized carbons (Fsp3) is 0.348. The second kappa shape index (κ2) is 11.3. The summed E-state index contributed by atoms with van der Waals surface area (Å²) in [4.78, 5) is 14.8. The van der Waals surface area contributed by atoms with Gasteiger partial charge in [0.1, 0.15) is 17.4 Å². The Bertz CT molecular complexity index is 1050. The highest BCUT2D eigenvalue weighted by Crippen LogP contribution is 2.23. The maximum Gasteiger partial charge on any atom is 0.234 e. The van der Waals surface area contributed by atoms with Gasteiger partial charge in [-0.25, -0.2) is 4.39 Å². The Morgan fingerprint density at radius 3 is 2.55 bits per heavy atom. The number of nitrogens with zero attached hydrogens (tertiary/aromatic N) is 4. The molecule has 0 radical (unpaired) electrons. The number of benzene rings is 2. The molecule has 2 aromatic carbocycles. The van der Waals surface area contributed by atoms with Gasteiger partial charge in [-0.2, -0.15) is 0 Å². The first-order valence-electron chi connectivity index (χ1n) is 10.7. The molecule has 0 bridgehead atoms. The number of morpholine rings is 1. The van der Waals surface area contributed by atoms with Gasteiger partial charge in [0.15, 0.2) is 5.16 Å². The van der Waals surface area contributed by atoms with Gasteiger partial charge in [0, 0.05) is 37.4 Å². The van der Waals surface area contributed by atoms with Crippen LogP contribution in [0.15, 0.2) is 53.7 Å². The van der Waals surface area contributed by atoms with Crippen LogP contribution in [-0.4, -0.2) is 71.3 Å². The van der Waals surface area contributed by atoms with E-state index in [9.17, 15) is 9.18 Å². The molecule has 1 aliphatic rings. The molecule has 0 unspecified atom stereocenters. The lowest BCUT2D eigenvalue weighted by Gasteiger charge is -2.26. The van der Waals surface area contributed by atoms with E-state index in [1.165, 1.54) is 23.9 Å². The summed E-state index contributed by atoms with van der Waals surface area (Å²) < 4.78 is 25.9. The first kappa shape index (κ1) is 23.2. The average molecular weight is 472 g/mol. The van der Waals surface area contributed by atoms with Gasteiger partial charge >= 0.3 is 0 Å². The van der Waals surface area contributed by atoms with E-state index in [1.54, 1.807) is 43.5 Å². The van der Waals surface area contributed by atoms with E-state index in [-0.39, 0.29) is 17.5 Å². The third kappa shape index (κ3) is 6.31. The zero-order chi connectivity index (χ0) is 23.0. The average Bonchev–Trinajstić information content (AvgIpc) is 3.26. The van der Waals surface area contributed by atoms with Crippen molar-refractivity contribution >= 4 is 23.4 Å². The Hall–Kier alpha value is -2.95. The Morgan fingerprint density at radius 2 is 1.85 bits per heavy atom. The highest BCUT2D eigenvalue weighted by molar-refractivity contribution is 7.99. The summed E-state index contributed by atoms with van der Waals surface area (Å²) in [7, 11) is 1.59. The number of aromatic nitrogens is 3. The number of methoxy groups -OCH3 is 1. The second-order valence-electron chi connectivity index (χ2n) is 7.48. The van der Waals surface area contributed by atoms with Crippen LogP contribution >= 0.6 is 11.8 Å². The van der Waals surface area contributed by atoms with E-state index in [2.05, 4.69) is 20.4 Å². The minimum Gasteiger partial charge on any atom is -0.497 e. The standard InChI is InChI=1S/C23H26FN5O3S/c1-31-20-8-4-18(5-9-20)25-22(30)16-33-23-27-26-21(10-11-28-12-14-32-15-13-28)29(23)19-6-2-17(24)3-7-19/h2-9H,10-16H2,1H3,(H,25,30). The lowest BCUT2D eigenvalue weighted by Crippen LogP contribution is -2.37. The van der Waals surface area contributed by atoms with Crippen molar-refractivity contribution in [2.75, 3.05) is 51.0 Å². The van der Waals surface area contributed by atoms with Crippen LogP contribution in [-0.2, 0) is 16.0 Å². The number of hydrogen-bond donors (Lipinski definition) is 1. The largest absolute Gasteiger partial charge is 0.497 e. The molecule has 10 heteroatoms. The Labute approximate surface area is 196 Å². The van der Waals surface area contributed by atoms with Gasteiger partial charge in [0.05, 0.1) is 26.1 Å². The van der Waals surface area contributed by atoms with E-state index >= 15 is 0 Å². The number of thioether (sulfide) groups is 1. The van der Waals surface area contributed by atoms with Gasteiger partial charge in [0.25, 0.3) is 0 Å². The van der Waals surface area contributed by atoms with Crippen molar-refractivity contribution in [3.05, 3.63) is 60.2 Å². The highest BCUT2D eigenvalue weighted by atomic mass is 32.2. The van der Waals surface area contributed by atoms with Crippen LogP contribution in [0.5, 0.6) is 5.75 Å². The Balaban J connectivity index is 1.44. The molecule has 2 heterocycles. The quantitative estimate of drug-likeness (QED) is 0.481. The number of nitrogens with one attached hydrogen (secondary N) is 1. The summed E-state index contributed by atoms with van der Waals surface area (Å²) in [6.07, 6.45) is 0.684. The number of hydrogen-bond acceptors (Lipinski definition) is 7. The molecule has 174 valence electrons. The minimum atomic E-state index is -0.310. The molecule has 3 aromatic rings. The fourth-order valence-corrected chi connectivity index (χ4v) is 4.26. The first-order chi connectivity index (χ1) is 16.1. The van der Waals surface area contributed by atoms with Crippen LogP contribution in [0.1, 0.15) is 5.82 Å². The number of anilines is 1. The van der Waals surface area contributed by atoms with Crippen molar-refractivity contribution in [2.24, 2.45) is 0 Å². The van der Waals surface area contributed by atoms with Gasteiger partial charge < -0.3 is 14.8 Å². The van der Waals surface area contributed by atoms with Gasteiger partial charge in [-0.3, -0.25) is 14.3 Å². The number of carbonyl (C=O) groups is 1. The third-order valence-corrected chi connectivity index (χ3v) is 6.18. The molecule has 1 saturated heterocycles. The molecule has 1 N–H and O–H groups in total. The highest BCUT2D eigenvalue weighted by Gasteiger charge is 2.18. The number of carbonyl (C=O) groups excluding carboxylic acids is 1. The number of halogens is 1. The van der Waals surface area contributed by atoms with Gasteiger partial charge in [-0.1, -0.05) is 11.8 Å². The summed E-state index contributed by atoms with van der Waals surface area (Å²) in [6.45, 7) is 4.06. The predicted molar refractivity (Wildman–Crippen MR) is 125 cm³/mol. The van der Waals surface area contributed by atoms with Crippen molar-refractivity contribution in [1.29, 1.82) is 0 Å². The molecular weight excluding hydrogens is 445 g/mol. The van der Waals surface area contributed by atoms with Gasteiger partial charge in [0.2, 0.25) is 5.91 Å². The Morgan fingerprint density at radius 1 is 1.12 bits per heavy atom. The van der Waals surface area contributed by atoms with Gasteiger partial charge in [-0.05, 0) is 48.5 Å². The summed E-state index contributed by atoms with van der Waals surface area (Å²) in [5.41, 5.74) is 1.45. The summed E-state index contributed by atoms with van der Waals surface area (Å²) in [6, 6.07) is 13.3. The van der Waals surface area contributed by atoms with E-state index in [4.69, 9.17) is 9.47 Å². The van der Waals surface area contributed by atoms with E-state index in [0.717, 1.165) is 50.1 Å². The van der Waals surface area contributed by atoms with Crippen LogP contribution in [0.4, 0.5) is 10.1 Å². The van der Waals surface area contributed by atoms with E-state index in [1.807, 2.05) is 4.57 Å². The van der Waals surface area contributed by atoms with E-state index < -0.39 is 0 Å². The summed E-state index contributed by atoms with van der Waals surface area (Å²) in [5.74, 6) is 1.18.